The van der Waals surface area contributed by atoms with Gasteiger partial charge in [0.05, 0.1) is 11.9 Å². The number of carbonyl (C=O) groups excluding carboxylic acids is 1. The van der Waals surface area contributed by atoms with Crippen LogP contribution in [0.25, 0.3) is 0 Å². The van der Waals surface area contributed by atoms with Crippen molar-refractivity contribution < 1.29 is 13.9 Å². The number of amides is 1. The van der Waals surface area contributed by atoms with E-state index < -0.39 is 17.8 Å². The number of para-hydroxylation sites is 1. The molecule has 0 spiro atoms. The fourth-order valence-corrected chi connectivity index (χ4v) is 2.76. The molecule has 1 aliphatic heterocycles. The number of aromatic nitrogens is 1. The molecule has 0 saturated carbocycles. The zero-order valence-corrected chi connectivity index (χ0v) is 13.5. The highest BCUT2D eigenvalue weighted by molar-refractivity contribution is 5.97. The van der Waals surface area contributed by atoms with Crippen LogP contribution in [-0.4, -0.2) is 30.1 Å². The topological polar surface area (TPSA) is 54.5 Å². The quantitative estimate of drug-likeness (QED) is 0.915. The van der Waals surface area contributed by atoms with Gasteiger partial charge in [-0.2, -0.15) is 0 Å². The van der Waals surface area contributed by atoms with E-state index in [1.165, 1.54) is 12.3 Å². The zero-order valence-electron chi connectivity index (χ0n) is 13.5. The largest absolute Gasteiger partial charge is 0.479 e. The van der Waals surface area contributed by atoms with E-state index in [2.05, 4.69) is 15.2 Å². The third-order valence-corrected chi connectivity index (χ3v) is 4.00. The van der Waals surface area contributed by atoms with Crippen LogP contribution in [0.4, 0.5) is 15.8 Å². The molecule has 1 amide bonds. The van der Waals surface area contributed by atoms with Crippen molar-refractivity contribution in [2.45, 2.75) is 25.9 Å². The lowest BCUT2D eigenvalue weighted by atomic mass is 10.2. The number of anilines is 2. The van der Waals surface area contributed by atoms with E-state index >= 15 is 0 Å². The Morgan fingerprint density at radius 2 is 2.08 bits per heavy atom. The highest BCUT2D eigenvalue weighted by atomic mass is 19.1. The molecule has 1 unspecified atom stereocenters. The minimum Gasteiger partial charge on any atom is -0.479 e. The molecule has 1 aromatic heterocycles. The van der Waals surface area contributed by atoms with Crippen LogP contribution >= 0.6 is 0 Å². The van der Waals surface area contributed by atoms with E-state index in [-0.39, 0.29) is 5.69 Å². The maximum Gasteiger partial charge on any atom is 0.265 e. The Morgan fingerprint density at radius 3 is 2.79 bits per heavy atom. The second-order valence-corrected chi connectivity index (χ2v) is 5.77. The maximum absolute atomic E-state index is 14.3. The number of nitrogens with zero attached hydrogens (tertiary/aromatic N) is 2. The van der Waals surface area contributed by atoms with Crippen LogP contribution in [0.1, 0.15) is 19.8 Å². The predicted molar refractivity (Wildman–Crippen MR) is 90.8 cm³/mol. The average Bonchev–Trinajstić information content (AvgIpc) is 3.12. The van der Waals surface area contributed by atoms with Crippen molar-refractivity contribution in [2.75, 3.05) is 23.3 Å². The summed E-state index contributed by atoms with van der Waals surface area (Å²) in [5.41, 5.74) is 0.931. The second kappa shape index (κ2) is 7.29. The molecule has 5 nitrogen and oxygen atoms in total. The van der Waals surface area contributed by atoms with E-state index in [9.17, 15) is 9.18 Å². The first-order valence-corrected chi connectivity index (χ1v) is 8.06. The first-order valence-electron chi connectivity index (χ1n) is 8.06. The number of ether oxygens (including phenoxy) is 1. The monoisotopic (exact) mass is 329 g/mol. The second-order valence-electron chi connectivity index (χ2n) is 5.77. The van der Waals surface area contributed by atoms with Crippen LogP contribution in [0.5, 0.6) is 5.75 Å². The fraction of sp³-hybridized carbons (Fsp3) is 0.333. The van der Waals surface area contributed by atoms with Crippen molar-refractivity contribution >= 4 is 17.3 Å². The van der Waals surface area contributed by atoms with Gasteiger partial charge in [-0.25, -0.2) is 4.39 Å². The predicted octanol–water partition coefficient (Wildman–Crippen LogP) is 3.23. The molecule has 126 valence electrons. The molecular formula is C18H20FN3O2. The van der Waals surface area contributed by atoms with E-state index in [0.717, 1.165) is 31.6 Å². The van der Waals surface area contributed by atoms with Crippen LogP contribution in [0.15, 0.2) is 42.7 Å². The number of nitrogens with one attached hydrogen (secondary N) is 1. The van der Waals surface area contributed by atoms with Crippen LogP contribution in [0, 0.1) is 5.82 Å². The lowest BCUT2D eigenvalue weighted by molar-refractivity contribution is -0.122. The summed E-state index contributed by atoms with van der Waals surface area (Å²) in [6, 6.07) is 8.28. The average molecular weight is 329 g/mol. The zero-order chi connectivity index (χ0) is 16.9. The normalized spacial score (nSPS) is 15.2. The van der Waals surface area contributed by atoms with Gasteiger partial charge < -0.3 is 15.0 Å². The summed E-state index contributed by atoms with van der Waals surface area (Å²) in [5.74, 6) is -0.348. The molecule has 2 aromatic rings. The molecule has 0 radical (unpaired) electrons. The van der Waals surface area contributed by atoms with Crippen LogP contribution in [0.3, 0.4) is 0 Å². The van der Waals surface area contributed by atoms with Crippen LogP contribution in [0.2, 0.25) is 0 Å². The molecule has 1 aromatic carbocycles. The molecule has 1 aliphatic rings. The summed E-state index contributed by atoms with van der Waals surface area (Å²) in [7, 11) is 0. The molecular weight excluding hydrogens is 309 g/mol. The van der Waals surface area contributed by atoms with Gasteiger partial charge in [0.25, 0.3) is 5.91 Å². The van der Waals surface area contributed by atoms with Gasteiger partial charge in [0.15, 0.2) is 6.10 Å². The van der Waals surface area contributed by atoms with Gasteiger partial charge in [-0.3, -0.25) is 9.78 Å². The highest BCUT2D eigenvalue weighted by Crippen LogP contribution is 2.31. The number of rotatable bonds is 5. The molecule has 1 saturated heterocycles. The molecule has 0 bridgehead atoms. The lowest BCUT2D eigenvalue weighted by Crippen LogP contribution is -2.31. The summed E-state index contributed by atoms with van der Waals surface area (Å²) in [6.45, 7) is 3.36. The lowest BCUT2D eigenvalue weighted by Gasteiger charge is -2.23. The number of pyridine rings is 1. The number of hydrogen-bond donors (Lipinski definition) is 1. The van der Waals surface area contributed by atoms with E-state index in [4.69, 9.17) is 4.74 Å². The van der Waals surface area contributed by atoms with Crippen molar-refractivity contribution in [3.05, 3.63) is 48.5 Å². The molecule has 3 rings (SSSR count). The Balaban J connectivity index is 1.74. The van der Waals surface area contributed by atoms with Crippen LogP contribution < -0.4 is 15.0 Å². The number of benzene rings is 1. The van der Waals surface area contributed by atoms with Gasteiger partial charge in [-0.1, -0.05) is 6.07 Å². The third kappa shape index (κ3) is 3.64. The number of hydrogen-bond acceptors (Lipinski definition) is 4. The van der Waals surface area contributed by atoms with E-state index in [1.54, 1.807) is 31.3 Å². The first-order chi connectivity index (χ1) is 11.6. The fourth-order valence-electron chi connectivity index (χ4n) is 2.76. The minimum atomic E-state index is -0.764. The summed E-state index contributed by atoms with van der Waals surface area (Å²) in [4.78, 5) is 18.4. The first kappa shape index (κ1) is 16.2. The molecule has 0 aliphatic carbocycles. The van der Waals surface area contributed by atoms with Gasteiger partial charge in [0, 0.05) is 19.3 Å². The third-order valence-electron chi connectivity index (χ3n) is 4.00. The van der Waals surface area contributed by atoms with E-state index in [1.807, 2.05) is 6.07 Å². The summed E-state index contributed by atoms with van der Waals surface area (Å²) in [6.07, 6.45) is 4.54. The molecule has 2 heterocycles. The molecule has 24 heavy (non-hydrogen) atoms. The number of halogens is 1. The van der Waals surface area contributed by atoms with Crippen molar-refractivity contribution in [1.82, 2.24) is 4.98 Å². The van der Waals surface area contributed by atoms with Crippen molar-refractivity contribution in [2.24, 2.45) is 0 Å². The summed E-state index contributed by atoms with van der Waals surface area (Å²) >= 11 is 0. The SMILES string of the molecule is CC(Oc1cccnc1)C(=O)Nc1c(F)cccc1N1CCCC1. The van der Waals surface area contributed by atoms with Crippen molar-refractivity contribution in [3.63, 3.8) is 0 Å². The Morgan fingerprint density at radius 1 is 1.29 bits per heavy atom. The number of carbonyl (C=O) groups is 1. The van der Waals surface area contributed by atoms with E-state index in [0.29, 0.717) is 5.75 Å². The van der Waals surface area contributed by atoms with Gasteiger partial charge >= 0.3 is 0 Å². The smallest absolute Gasteiger partial charge is 0.265 e. The van der Waals surface area contributed by atoms with Gasteiger partial charge in [0.2, 0.25) is 0 Å². The Kier molecular flexibility index (Phi) is 4.93. The highest BCUT2D eigenvalue weighted by Gasteiger charge is 2.22. The Bertz CT molecular complexity index is 703. The standard InChI is InChI=1S/C18H20FN3O2/c1-13(24-14-6-5-9-20-12-14)18(23)21-17-15(19)7-4-8-16(17)22-10-2-3-11-22/h4-9,12-13H,2-3,10-11H2,1H3,(H,21,23). The Hall–Kier alpha value is -2.63. The van der Waals surface area contributed by atoms with Gasteiger partial charge in [-0.05, 0) is 44.0 Å². The maximum atomic E-state index is 14.3. The Labute approximate surface area is 140 Å². The molecule has 1 fully saturated rings. The van der Waals surface area contributed by atoms with Gasteiger partial charge in [-0.15, -0.1) is 0 Å². The van der Waals surface area contributed by atoms with Crippen LogP contribution in [-0.2, 0) is 4.79 Å². The van der Waals surface area contributed by atoms with Crippen molar-refractivity contribution in [1.29, 1.82) is 0 Å². The molecule has 1 N–H and O–H groups in total. The molecule has 6 heteroatoms. The minimum absolute atomic E-state index is 0.214. The summed E-state index contributed by atoms with van der Waals surface area (Å²) in [5, 5.41) is 2.67. The van der Waals surface area contributed by atoms with Gasteiger partial charge in [0.1, 0.15) is 17.3 Å². The molecule has 1 atom stereocenters. The van der Waals surface area contributed by atoms with Crippen molar-refractivity contribution in [3.8, 4) is 5.75 Å². The summed E-state index contributed by atoms with van der Waals surface area (Å²) < 4.78 is 19.8.